The van der Waals surface area contributed by atoms with Gasteiger partial charge in [0.1, 0.15) is 0 Å². The normalized spacial score (nSPS) is 26.5. The number of aliphatic hydroxyl groups is 2. The first-order valence-electron chi connectivity index (χ1n) is 5.19. The molecule has 1 aliphatic heterocycles. The SMILES string of the molecule is CC(C)(C)C(=O)ON1CCC(O)(O)C(F)C1. The van der Waals surface area contributed by atoms with E-state index in [2.05, 4.69) is 0 Å². The van der Waals surface area contributed by atoms with Gasteiger partial charge >= 0.3 is 5.97 Å². The average molecular weight is 235 g/mol. The number of rotatable bonds is 1. The van der Waals surface area contributed by atoms with E-state index in [0.717, 1.165) is 5.06 Å². The second-order valence-corrected chi connectivity index (χ2v) is 5.11. The van der Waals surface area contributed by atoms with Crippen molar-refractivity contribution >= 4 is 5.97 Å². The standard InChI is InChI=1S/C10H18FNO4/c1-9(2,3)8(13)16-12-5-4-10(14,15)7(11)6-12/h7,14-15H,4-6H2,1-3H3. The van der Waals surface area contributed by atoms with Crippen molar-refractivity contribution in [2.45, 2.75) is 39.2 Å². The van der Waals surface area contributed by atoms with Crippen LogP contribution in [0.25, 0.3) is 0 Å². The van der Waals surface area contributed by atoms with Crippen molar-refractivity contribution in [2.24, 2.45) is 5.41 Å². The molecule has 1 aliphatic rings. The van der Waals surface area contributed by atoms with Gasteiger partial charge < -0.3 is 15.1 Å². The van der Waals surface area contributed by atoms with Crippen LogP contribution in [0.5, 0.6) is 0 Å². The molecular formula is C10H18FNO4. The monoisotopic (exact) mass is 235 g/mol. The number of carbonyl (C=O) groups excluding carboxylic acids is 1. The van der Waals surface area contributed by atoms with E-state index in [9.17, 15) is 9.18 Å². The maximum Gasteiger partial charge on any atom is 0.330 e. The molecule has 0 aromatic carbocycles. The van der Waals surface area contributed by atoms with Crippen LogP contribution >= 0.6 is 0 Å². The maximum atomic E-state index is 13.2. The van der Waals surface area contributed by atoms with E-state index >= 15 is 0 Å². The van der Waals surface area contributed by atoms with Gasteiger partial charge in [-0.25, -0.2) is 9.18 Å². The summed E-state index contributed by atoms with van der Waals surface area (Å²) in [6.45, 7) is 4.85. The highest BCUT2D eigenvalue weighted by Crippen LogP contribution is 2.24. The first kappa shape index (κ1) is 13.3. The maximum absolute atomic E-state index is 13.2. The number of alkyl halides is 1. The minimum absolute atomic E-state index is 0.106. The molecule has 1 saturated heterocycles. The minimum atomic E-state index is -2.31. The fourth-order valence-electron chi connectivity index (χ4n) is 1.20. The van der Waals surface area contributed by atoms with E-state index in [4.69, 9.17) is 15.1 Å². The van der Waals surface area contributed by atoms with E-state index in [0.29, 0.717) is 0 Å². The van der Waals surface area contributed by atoms with E-state index in [1.807, 2.05) is 0 Å². The van der Waals surface area contributed by atoms with Crippen LogP contribution in [-0.4, -0.2) is 46.3 Å². The number of hydrogen-bond acceptors (Lipinski definition) is 5. The fourth-order valence-corrected chi connectivity index (χ4v) is 1.20. The quantitative estimate of drug-likeness (QED) is 0.636. The molecule has 0 saturated carbocycles. The summed E-state index contributed by atoms with van der Waals surface area (Å²) in [6, 6.07) is 0. The van der Waals surface area contributed by atoms with Crippen molar-refractivity contribution in [2.75, 3.05) is 13.1 Å². The lowest BCUT2D eigenvalue weighted by Crippen LogP contribution is -2.54. The predicted molar refractivity (Wildman–Crippen MR) is 53.8 cm³/mol. The molecule has 0 bridgehead atoms. The Kier molecular flexibility index (Phi) is 3.56. The molecule has 5 nitrogen and oxygen atoms in total. The molecule has 1 unspecified atom stereocenters. The van der Waals surface area contributed by atoms with Crippen molar-refractivity contribution in [3.05, 3.63) is 0 Å². The number of piperidine rings is 1. The molecule has 0 radical (unpaired) electrons. The Balaban J connectivity index is 2.51. The molecule has 94 valence electrons. The van der Waals surface area contributed by atoms with Crippen molar-refractivity contribution in [3.8, 4) is 0 Å². The minimum Gasteiger partial charge on any atom is -0.367 e. The van der Waals surface area contributed by atoms with Gasteiger partial charge in [-0.05, 0) is 20.8 Å². The van der Waals surface area contributed by atoms with Crippen LogP contribution in [0.4, 0.5) is 4.39 Å². The molecule has 2 N–H and O–H groups in total. The Hall–Kier alpha value is -0.720. The van der Waals surface area contributed by atoms with E-state index in [-0.39, 0.29) is 19.5 Å². The molecule has 0 aromatic heterocycles. The highest BCUT2D eigenvalue weighted by molar-refractivity contribution is 5.75. The van der Waals surface area contributed by atoms with Gasteiger partial charge in [0, 0.05) is 13.0 Å². The smallest absolute Gasteiger partial charge is 0.330 e. The molecule has 0 spiro atoms. The van der Waals surface area contributed by atoms with Crippen molar-refractivity contribution < 1.29 is 24.2 Å². The highest BCUT2D eigenvalue weighted by atomic mass is 19.1. The Labute approximate surface area is 93.8 Å². The van der Waals surface area contributed by atoms with Gasteiger partial charge in [0.2, 0.25) is 0 Å². The zero-order valence-corrected chi connectivity index (χ0v) is 9.73. The molecule has 0 aliphatic carbocycles. The average Bonchev–Trinajstić information content (AvgIpc) is 2.10. The van der Waals surface area contributed by atoms with Gasteiger partial charge in [0.05, 0.1) is 12.0 Å². The van der Waals surface area contributed by atoms with Gasteiger partial charge in [-0.15, -0.1) is 5.06 Å². The van der Waals surface area contributed by atoms with Gasteiger partial charge in [-0.1, -0.05) is 0 Å². The molecule has 1 rings (SSSR count). The summed E-state index contributed by atoms with van der Waals surface area (Å²) < 4.78 is 13.2. The molecule has 1 heterocycles. The third-order valence-corrected chi connectivity index (χ3v) is 2.42. The molecule has 16 heavy (non-hydrogen) atoms. The fraction of sp³-hybridized carbons (Fsp3) is 0.900. The number of halogens is 1. The molecular weight excluding hydrogens is 217 g/mol. The lowest BCUT2D eigenvalue weighted by Gasteiger charge is -2.36. The topological polar surface area (TPSA) is 70.0 Å². The zero-order valence-electron chi connectivity index (χ0n) is 9.73. The van der Waals surface area contributed by atoms with Crippen LogP contribution in [0.3, 0.4) is 0 Å². The van der Waals surface area contributed by atoms with Crippen LogP contribution in [0.15, 0.2) is 0 Å². The Morgan fingerprint density at radius 2 is 2.06 bits per heavy atom. The summed E-state index contributed by atoms with van der Waals surface area (Å²) in [6.07, 6.45) is -2.03. The highest BCUT2D eigenvalue weighted by Gasteiger charge is 2.42. The van der Waals surface area contributed by atoms with E-state index < -0.39 is 23.3 Å². The van der Waals surface area contributed by atoms with Gasteiger partial charge in [-0.3, -0.25) is 0 Å². The number of carbonyl (C=O) groups is 1. The third kappa shape index (κ3) is 3.13. The summed E-state index contributed by atoms with van der Waals surface area (Å²) in [4.78, 5) is 16.4. The van der Waals surface area contributed by atoms with E-state index in [1.54, 1.807) is 20.8 Å². The first-order chi connectivity index (χ1) is 7.13. The summed E-state index contributed by atoms with van der Waals surface area (Å²) in [5, 5.41) is 19.5. The molecule has 6 heteroatoms. The molecule has 1 atom stereocenters. The Morgan fingerprint density at radius 3 is 2.50 bits per heavy atom. The van der Waals surface area contributed by atoms with Gasteiger partial charge in [-0.2, -0.15) is 0 Å². The van der Waals surface area contributed by atoms with E-state index in [1.165, 1.54) is 0 Å². The van der Waals surface area contributed by atoms with Crippen LogP contribution < -0.4 is 0 Å². The Bertz CT molecular complexity index is 274. The van der Waals surface area contributed by atoms with Crippen LogP contribution in [0.1, 0.15) is 27.2 Å². The van der Waals surface area contributed by atoms with Gasteiger partial charge in [0.15, 0.2) is 12.0 Å². The molecule has 0 amide bonds. The van der Waals surface area contributed by atoms with Crippen molar-refractivity contribution in [3.63, 3.8) is 0 Å². The number of hydrogen-bond donors (Lipinski definition) is 2. The Morgan fingerprint density at radius 1 is 1.50 bits per heavy atom. The first-order valence-corrected chi connectivity index (χ1v) is 5.19. The van der Waals surface area contributed by atoms with Crippen LogP contribution in [0, 0.1) is 5.41 Å². The summed E-state index contributed by atoms with van der Waals surface area (Å²) in [7, 11) is 0. The summed E-state index contributed by atoms with van der Waals surface area (Å²) >= 11 is 0. The van der Waals surface area contributed by atoms with Crippen molar-refractivity contribution in [1.29, 1.82) is 0 Å². The van der Waals surface area contributed by atoms with Crippen molar-refractivity contribution in [1.82, 2.24) is 5.06 Å². The van der Waals surface area contributed by atoms with Crippen LogP contribution in [0.2, 0.25) is 0 Å². The second kappa shape index (κ2) is 4.27. The lowest BCUT2D eigenvalue weighted by atomic mass is 9.97. The molecule has 0 aromatic rings. The lowest BCUT2D eigenvalue weighted by molar-refractivity contribution is -0.272. The summed E-state index contributed by atoms with van der Waals surface area (Å²) in [5.74, 6) is -2.78. The third-order valence-electron chi connectivity index (χ3n) is 2.42. The zero-order chi connectivity index (χ0) is 12.6. The van der Waals surface area contributed by atoms with Crippen LogP contribution in [-0.2, 0) is 9.63 Å². The second-order valence-electron chi connectivity index (χ2n) is 5.11. The number of hydroxylamine groups is 2. The molecule has 1 fully saturated rings. The summed E-state index contributed by atoms with van der Waals surface area (Å²) in [5.41, 5.74) is -0.668. The predicted octanol–water partition coefficient (Wildman–Crippen LogP) is 0.215. The largest absolute Gasteiger partial charge is 0.367 e. The number of nitrogens with zero attached hydrogens (tertiary/aromatic N) is 1. The van der Waals surface area contributed by atoms with Gasteiger partial charge in [0.25, 0.3) is 0 Å².